The third-order valence-corrected chi connectivity index (χ3v) is 4.80. The van der Waals surface area contributed by atoms with Crippen LogP contribution in [0.25, 0.3) is 46.4 Å². The van der Waals surface area contributed by atoms with E-state index in [-0.39, 0.29) is 5.97 Å². The van der Waals surface area contributed by atoms with Crippen LogP contribution in [0.5, 0.6) is 0 Å². The van der Waals surface area contributed by atoms with E-state index in [1.54, 1.807) is 0 Å². The van der Waals surface area contributed by atoms with Gasteiger partial charge in [0, 0.05) is 28.5 Å². The fraction of sp³-hybridized carbons (Fsp3) is 0.192. The molecule has 0 atom stereocenters. The summed E-state index contributed by atoms with van der Waals surface area (Å²) in [6.07, 6.45) is 9.51. The van der Waals surface area contributed by atoms with Gasteiger partial charge in [-0.2, -0.15) is 0 Å². The van der Waals surface area contributed by atoms with E-state index in [1.807, 2.05) is 62.4 Å². The predicted octanol–water partition coefficient (Wildman–Crippen LogP) is 6.01. The van der Waals surface area contributed by atoms with Crippen molar-refractivity contribution < 1.29 is 9.53 Å². The monoisotopic (exact) mass is 426 g/mol. The standard InChI is InChI=1S/C20H14N4.C6H12O2/c1-2-14-10-16-5-6-18(23-16)12-20-8-7-19(24-20)11-17-4-3-15(22-17)9-13(1)21-14;1-3-5-6(7)8-4-2/h1-12,21,24H;3-5H2,1-2H3. The lowest BCUT2D eigenvalue weighted by Gasteiger charge is -1.96. The van der Waals surface area contributed by atoms with Crippen LogP contribution in [-0.4, -0.2) is 32.5 Å². The van der Waals surface area contributed by atoms with Gasteiger partial charge in [0.05, 0.1) is 29.4 Å². The smallest absolute Gasteiger partial charge is 0.305 e. The number of aromatic amines is 2. The summed E-state index contributed by atoms with van der Waals surface area (Å²) in [6, 6.07) is 16.4. The third kappa shape index (κ3) is 5.60. The van der Waals surface area contributed by atoms with Crippen LogP contribution in [0, 0.1) is 0 Å². The molecular formula is C26H26N4O2. The Morgan fingerprint density at radius 2 is 1.09 bits per heavy atom. The van der Waals surface area contributed by atoms with Crippen molar-refractivity contribution >= 4 is 52.3 Å². The van der Waals surface area contributed by atoms with Gasteiger partial charge in [0.2, 0.25) is 0 Å². The quantitative estimate of drug-likeness (QED) is 0.346. The fourth-order valence-electron chi connectivity index (χ4n) is 3.38. The number of H-pyrrole nitrogens is 2. The molecule has 0 unspecified atom stereocenters. The van der Waals surface area contributed by atoms with Crippen molar-refractivity contribution in [3.63, 3.8) is 0 Å². The highest BCUT2D eigenvalue weighted by atomic mass is 16.5. The number of esters is 1. The van der Waals surface area contributed by atoms with Gasteiger partial charge in [-0.15, -0.1) is 0 Å². The van der Waals surface area contributed by atoms with Crippen molar-refractivity contribution in [3.8, 4) is 0 Å². The van der Waals surface area contributed by atoms with Crippen molar-refractivity contribution in [2.75, 3.05) is 6.61 Å². The van der Waals surface area contributed by atoms with Crippen LogP contribution in [-0.2, 0) is 9.53 Å². The molecule has 3 aromatic rings. The van der Waals surface area contributed by atoms with Crippen LogP contribution < -0.4 is 0 Å². The highest BCUT2D eigenvalue weighted by molar-refractivity contribution is 5.77. The maximum Gasteiger partial charge on any atom is 0.305 e. The molecule has 2 N–H and O–H groups in total. The number of fused-ring (bicyclic) bond motifs is 8. The number of ether oxygens (including phenoxy) is 1. The maximum absolute atomic E-state index is 10.4. The van der Waals surface area contributed by atoms with Gasteiger partial charge in [0.15, 0.2) is 0 Å². The molecule has 0 spiro atoms. The molecule has 0 saturated heterocycles. The van der Waals surface area contributed by atoms with E-state index in [2.05, 4.69) is 48.9 Å². The zero-order valence-electron chi connectivity index (χ0n) is 18.3. The van der Waals surface area contributed by atoms with Crippen molar-refractivity contribution in [3.05, 3.63) is 71.3 Å². The normalized spacial score (nSPS) is 11.7. The largest absolute Gasteiger partial charge is 0.466 e. The van der Waals surface area contributed by atoms with Crippen molar-refractivity contribution in [1.82, 2.24) is 19.9 Å². The van der Waals surface area contributed by atoms with E-state index in [0.717, 1.165) is 51.3 Å². The maximum atomic E-state index is 10.4. The van der Waals surface area contributed by atoms with Gasteiger partial charge >= 0.3 is 5.97 Å². The molecule has 8 bridgehead atoms. The number of carbonyl (C=O) groups excluding carboxylic acids is 1. The topological polar surface area (TPSA) is 83.7 Å². The second-order valence-electron chi connectivity index (χ2n) is 7.46. The molecule has 2 aliphatic heterocycles. The van der Waals surface area contributed by atoms with Crippen LogP contribution in [0.1, 0.15) is 49.5 Å². The lowest BCUT2D eigenvalue weighted by atomic mass is 10.3. The van der Waals surface area contributed by atoms with Gasteiger partial charge in [-0.3, -0.25) is 4.79 Å². The Balaban J connectivity index is 0.000000265. The average molecular weight is 427 g/mol. The second kappa shape index (κ2) is 9.92. The number of hydrogen-bond donors (Lipinski definition) is 2. The Morgan fingerprint density at radius 1 is 0.719 bits per heavy atom. The highest BCUT2D eigenvalue weighted by Crippen LogP contribution is 2.16. The molecule has 0 amide bonds. The predicted molar refractivity (Wildman–Crippen MR) is 130 cm³/mol. The number of hydrogen-bond acceptors (Lipinski definition) is 4. The Hall–Kier alpha value is -3.93. The third-order valence-electron chi connectivity index (χ3n) is 4.80. The minimum Gasteiger partial charge on any atom is -0.466 e. The summed E-state index contributed by atoms with van der Waals surface area (Å²) in [5.41, 5.74) is 7.86. The Kier molecular flexibility index (Phi) is 6.60. The average Bonchev–Trinajstić information content (AvgIpc) is 3.55. The Labute approximate surface area is 186 Å². The molecule has 3 aromatic heterocycles. The van der Waals surface area contributed by atoms with Crippen molar-refractivity contribution in [2.45, 2.75) is 26.7 Å². The van der Waals surface area contributed by atoms with E-state index < -0.39 is 0 Å². The van der Waals surface area contributed by atoms with Crippen molar-refractivity contribution in [2.24, 2.45) is 0 Å². The number of carbonyl (C=O) groups is 1. The number of nitrogens with zero attached hydrogens (tertiary/aromatic N) is 2. The molecule has 0 aromatic carbocycles. The molecule has 5 heterocycles. The van der Waals surface area contributed by atoms with E-state index in [4.69, 9.17) is 0 Å². The van der Waals surface area contributed by atoms with Crippen LogP contribution in [0.3, 0.4) is 0 Å². The molecule has 0 saturated carbocycles. The summed E-state index contributed by atoms with van der Waals surface area (Å²) in [6.45, 7) is 4.27. The first-order chi connectivity index (χ1) is 15.6. The van der Waals surface area contributed by atoms with Gasteiger partial charge in [-0.1, -0.05) is 6.92 Å². The summed E-state index contributed by atoms with van der Waals surface area (Å²) < 4.78 is 4.64. The summed E-state index contributed by atoms with van der Waals surface area (Å²) >= 11 is 0. The molecule has 5 rings (SSSR count). The Morgan fingerprint density at radius 3 is 1.41 bits per heavy atom. The number of aromatic nitrogens is 4. The Bertz CT molecular complexity index is 1150. The van der Waals surface area contributed by atoms with Gasteiger partial charge < -0.3 is 14.7 Å². The summed E-state index contributed by atoms with van der Waals surface area (Å²) in [7, 11) is 0. The fourth-order valence-corrected chi connectivity index (χ4v) is 3.38. The lowest BCUT2D eigenvalue weighted by molar-refractivity contribution is -0.143. The van der Waals surface area contributed by atoms with Crippen LogP contribution >= 0.6 is 0 Å². The highest BCUT2D eigenvalue weighted by Gasteiger charge is 2.01. The van der Waals surface area contributed by atoms with E-state index in [0.29, 0.717) is 13.0 Å². The van der Waals surface area contributed by atoms with E-state index >= 15 is 0 Å². The zero-order valence-corrected chi connectivity index (χ0v) is 18.3. The van der Waals surface area contributed by atoms with Crippen LogP contribution in [0.15, 0.2) is 48.5 Å². The first-order valence-corrected chi connectivity index (χ1v) is 10.8. The zero-order chi connectivity index (χ0) is 22.3. The van der Waals surface area contributed by atoms with Crippen LogP contribution in [0.4, 0.5) is 0 Å². The molecule has 0 fully saturated rings. The molecule has 162 valence electrons. The lowest BCUT2D eigenvalue weighted by Crippen LogP contribution is -2.01. The van der Waals surface area contributed by atoms with Gasteiger partial charge in [0.25, 0.3) is 0 Å². The van der Waals surface area contributed by atoms with E-state index in [9.17, 15) is 4.79 Å². The molecule has 32 heavy (non-hydrogen) atoms. The minimum atomic E-state index is -0.0880. The SMILES string of the molecule is C1=Cc2cc3ccc(cc4nc(cc5ccc(cc1n2)[nH]5)C=C4)[nH]3.CCCC(=O)OCC. The summed E-state index contributed by atoms with van der Waals surface area (Å²) in [4.78, 5) is 26.4. The summed E-state index contributed by atoms with van der Waals surface area (Å²) in [5, 5.41) is 0. The first-order valence-electron chi connectivity index (χ1n) is 10.8. The molecule has 2 aliphatic rings. The van der Waals surface area contributed by atoms with Gasteiger partial charge in [-0.25, -0.2) is 9.97 Å². The molecule has 6 nitrogen and oxygen atoms in total. The van der Waals surface area contributed by atoms with Gasteiger partial charge in [-0.05, 0) is 86.2 Å². The molecule has 0 radical (unpaired) electrons. The van der Waals surface area contributed by atoms with Crippen molar-refractivity contribution in [1.29, 1.82) is 0 Å². The van der Waals surface area contributed by atoms with Gasteiger partial charge in [0.1, 0.15) is 0 Å². The molecule has 0 aliphatic carbocycles. The molecular weight excluding hydrogens is 400 g/mol. The number of nitrogens with one attached hydrogen (secondary N) is 2. The first kappa shape index (κ1) is 21.3. The second-order valence-corrected chi connectivity index (χ2v) is 7.46. The number of rotatable bonds is 3. The molecule has 6 heteroatoms. The summed E-state index contributed by atoms with van der Waals surface area (Å²) in [5.74, 6) is -0.0880. The van der Waals surface area contributed by atoms with Crippen LogP contribution in [0.2, 0.25) is 0 Å². The minimum absolute atomic E-state index is 0.0880. The van der Waals surface area contributed by atoms with E-state index in [1.165, 1.54) is 0 Å².